The average Bonchev–Trinajstić information content (AvgIpc) is 2.48. The van der Waals surface area contributed by atoms with E-state index in [0.717, 1.165) is 11.3 Å². The van der Waals surface area contributed by atoms with Gasteiger partial charge < -0.3 is 23.6 Å². The molecule has 0 aliphatic heterocycles. The zero-order valence-electron chi connectivity index (χ0n) is 11.6. The molecule has 1 heterocycles. The molecule has 0 saturated carbocycles. The monoisotopic (exact) mass is 437 g/mol. The molecule has 21 heavy (non-hydrogen) atoms. The van der Waals surface area contributed by atoms with E-state index in [0.29, 0.717) is 0 Å². The average molecular weight is 437 g/mol. The maximum atomic E-state index is 11.7. The molecule has 0 spiro atoms. The zero-order valence-corrected chi connectivity index (χ0v) is 13.5. The van der Waals surface area contributed by atoms with Crippen molar-refractivity contribution in [2.45, 2.75) is 6.61 Å². The minimum Gasteiger partial charge on any atom is -0.497 e. The summed E-state index contributed by atoms with van der Waals surface area (Å²) in [6.07, 6.45) is 3.17. The Kier molecular flexibility index (Phi) is 6.95. The smallest absolute Gasteiger partial charge is 0.164 e. The van der Waals surface area contributed by atoms with Gasteiger partial charge in [0.25, 0.3) is 0 Å². The normalized spacial score (nSPS) is 9.62. The second-order valence-electron chi connectivity index (χ2n) is 4.24. The summed E-state index contributed by atoms with van der Waals surface area (Å²) in [4.78, 5) is 22.3. The fraction of sp³-hybridized carbons (Fsp3) is 0.200. The van der Waals surface area contributed by atoms with E-state index in [-0.39, 0.29) is 61.2 Å². The molecule has 0 unspecified atom stereocenters. The Morgan fingerprint density at radius 2 is 1.90 bits per heavy atom. The van der Waals surface area contributed by atoms with Crippen LogP contribution in [0.3, 0.4) is 0 Å². The van der Waals surface area contributed by atoms with E-state index in [2.05, 4.69) is 0 Å². The number of ether oxygens (including phenoxy) is 2. The number of hydrogen-bond acceptors (Lipinski definition) is 4. The number of aryl methyl sites for hydroxylation is 1. The Morgan fingerprint density at radius 3 is 2.48 bits per heavy atom. The van der Waals surface area contributed by atoms with Crippen molar-refractivity contribution in [2.75, 3.05) is 7.11 Å². The van der Waals surface area contributed by atoms with Crippen LogP contribution in [0.1, 0.15) is 11.3 Å². The van der Waals surface area contributed by atoms with E-state index in [9.17, 15) is 9.59 Å². The van der Waals surface area contributed by atoms with Crippen LogP contribution >= 0.6 is 0 Å². The van der Waals surface area contributed by atoms with Gasteiger partial charge in [-0.15, -0.1) is 6.07 Å². The molecule has 0 N–H and O–H groups in total. The third-order valence-corrected chi connectivity index (χ3v) is 2.86. The standard InChI is InChI=1S/C15H14NO4.Ho/c1-16-8-15(14(18)7-12(16)9-17)20-10-11-3-5-13(19-2)6-4-11;/h3-8H,10H2,1-2H3;/q-1;. The van der Waals surface area contributed by atoms with Gasteiger partial charge in [-0.1, -0.05) is 17.8 Å². The SMILES string of the molecule is COc1ccc(COc2cn(C)c([C-]=O)cc2=O)cc1.[Ho]. The first-order chi connectivity index (χ1) is 9.63. The molecular formula is C15H14HoNO4-. The van der Waals surface area contributed by atoms with E-state index in [4.69, 9.17) is 9.47 Å². The Bertz CT molecular complexity index is 664. The van der Waals surface area contributed by atoms with Gasteiger partial charge in [0, 0.05) is 57.3 Å². The summed E-state index contributed by atoms with van der Waals surface area (Å²) >= 11 is 0. The predicted molar refractivity (Wildman–Crippen MR) is 73.8 cm³/mol. The zero-order chi connectivity index (χ0) is 14.5. The third kappa shape index (κ3) is 4.59. The Hall–Kier alpha value is -1.30. The van der Waals surface area contributed by atoms with Gasteiger partial charge >= 0.3 is 0 Å². The molecule has 0 atom stereocenters. The maximum Gasteiger partial charge on any atom is 0.164 e. The fourth-order valence-electron chi connectivity index (χ4n) is 1.70. The van der Waals surface area contributed by atoms with E-state index >= 15 is 0 Å². The molecule has 1 radical (unpaired) electrons. The van der Waals surface area contributed by atoms with Crippen LogP contribution in [0.15, 0.2) is 41.3 Å². The van der Waals surface area contributed by atoms with Gasteiger partial charge in [0.05, 0.1) is 7.11 Å². The summed E-state index contributed by atoms with van der Waals surface area (Å²) < 4.78 is 12.0. The summed E-state index contributed by atoms with van der Waals surface area (Å²) in [6.45, 7) is 0.267. The van der Waals surface area contributed by atoms with Gasteiger partial charge in [-0.05, 0) is 17.7 Å². The molecule has 115 valence electrons. The van der Waals surface area contributed by atoms with Crippen LogP contribution in [0.4, 0.5) is 0 Å². The van der Waals surface area contributed by atoms with Gasteiger partial charge in [-0.3, -0.25) is 0 Å². The van der Waals surface area contributed by atoms with Crippen molar-refractivity contribution in [3.05, 3.63) is 58.0 Å². The topological polar surface area (TPSA) is 57.5 Å². The summed E-state index contributed by atoms with van der Waals surface area (Å²) in [5.74, 6) is 0.956. The van der Waals surface area contributed by atoms with Crippen LogP contribution in [0.25, 0.3) is 0 Å². The van der Waals surface area contributed by atoms with Gasteiger partial charge in [-0.2, -0.15) is 0 Å². The van der Waals surface area contributed by atoms with Crippen LogP contribution < -0.4 is 14.9 Å². The molecule has 0 aliphatic carbocycles. The van der Waals surface area contributed by atoms with Gasteiger partial charge in [0.2, 0.25) is 0 Å². The summed E-state index contributed by atoms with van der Waals surface area (Å²) in [5, 5.41) is 0. The largest absolute Gasteiger partial charge is 0.497 e. The molecule has 0 amide bonds. The summed E-state index contributed by atoms with van der Waals surface area (Å²) in [5.41, 5.74) is 0.764. The summed E-state index contributed by atoms with van der Waals surface area (Å²) in [6, 6.07) is 8.56. The molecule has 0 aliphatic rings. The number of benzene rings is 1. The van der Waals surface area contributed by atoms with Gasteiger partial charge in [0.1, 0.15) is 17.8 Å². The van der Waals surface area contributed by atoms with Crippen LogP contribution in [-0.4, -0.2) is 18.0 Å². The van der Waals surface area contributed by atoms with Crippen molar-refractivity contribution >= 4 is 6.29 Å². The molecule has 0 saturated heterocycles. The van der Waals surface area contributed by atoms with E-state index in [1.807, 2.05) is 24.3 Å². The van der Waals surface area contributed by atoms with E-state index in [1.54, 1.807) is 20.4 Å². The van der Waals surface area contributed by atoms with E-state index < -0.39 is 0 Å². The number of methoxy groups -OCH3 is 1. The minimum atomic E-state index is -0.338. The van der Waals surface area contributed by atoms with Gasteiger partial charge in [-0.25, -0.2) is 0 Å². The second kappa shape index (κ2) is 8.22. The molecule has 2 rings (SSSR count). The van der Waals surface area contributed by atoms with Crippen molar-refractivity contribution < 1.29 is 52.0 Å². The third-order valence-electron chi connectivity index (χ3n) is 2.86. The molecule has 1 aromatic carbocycles. The Balaban J connectivity index is 0.00000220. The Labute approximate surface area is 152 Å². The number of hydrogen-bond donors (Lipinski definition) is 0. The quantitative estimate of drug-likeness (QED) is 0.525. The number of rotatable bonds is 5. The molecule has 0 fully saturated rings. The van der Waals surface area contributed by atoms with Crippen LogP contribution in [0, 0.1) is 37.7 Å². The second-order valence-corrected chi connectivity index (χ2v) is 4.24. The number of carbonyl (C=O) groups excluding carboxylic acids is 1. The predicted octanol–water partition coefficient (Wildman–Crippen LogP) is 1.43. The molecule has 1 aromatic heterocycles. The molecular weight excluding hydrogens is 423 g/mol. The van der Waals surface area contributed by atoms with Crippen LogP contribution in [0.5, 0.6) is 11.5 Å². The van der Waals surface area contributed by atoms with Crippen molar-refractivity contribution in [3.8, 4) is 11.5 Å². The summed E-state index contributed by atoms with van der Waals surface area (Å²) in [7, 11) is 3.25. The van der Waals surface area contributed by atoms with Gasteiger partial charge in [0.15, 0.2) is 5.75 Å². The van der Waals surface area contributed by atoms with Crippen LogP contribution in [0.2, 0.25) is 0 Å². The first kappa shape index (κ1) is 17.8. The number of aromatic nitrogens is 1. The molecule has 2 aromatic rings. The van der Waals surface area contributed by atoms with Crippen molar-refractivity contribution in [1.82, 2.24) is 4.57 Å². The Morgan fingerprint density at radius 1 is 1.24 bits per heavy atom. The van der Waals surface area contributed by atoms with Crippen molar-refractivity contribution in [3.63, 3.8) is 0 Å². The van der Waals surface area contributed by atoms with Crippen LogP contribution in [-0.2, 0) is 18.4 Å². The number of pyridine rings is 1. The number of nitrogens with zero attached hydrogens (tertiary/aromatic N) is 1. The fourth-order valence-corrected chi connectivity index (χ4v) is 1.70. The minimum absolute atomic E-state index is 0. The molecule has 6 heteroatoms. The van der Waals surface area contributed by atoms with Crippen molar-refractivity contribution in [2.24, 2.45) is 7.05 Å². The first-order valence-electron chi connectivity index (χ1n) is 5.98. The molecule has 0 bridgehead atoms. The first-order valence-corrected chi connectivity index (χ1v) is 5.98. The molecule has 5 nitrogen and oxygen atoms in total. The maximum absolute atomic E-state index is 11.7. The van der Waals surface area contributed by atoms with E-state index in [1.165, 1.54) is 16.8 Å². The van der Waals surface area contributed by atoms with Crippen molar-refractivity contribution in [1.29, 1.82) is 0 Å².